The van der Waals surface area contributed by atoms with Crippen molar-refractivity contribution in [2.75, 3.05) is 12.4 Å². The van der Waals surface area contributed by atoms with Gasteiger partial charge in [-0.1, -0.05) is 6.07 Å². The fourth-order valence-electron chi connectivity index (χ4n) is 1.95. The molecule has 0 aliphatic carbocycles. The van der Waals surface area contributed by atoms with Gasteiger partial charge in [0, 0.05) is 16.1 Å². The summed E-state index contributed by atoms with van der Waals surface area (Å²) in [7, 11) is 1.77. The Hall–Kier alpha value is -1.79. The fraction of sp³-hybridized carbons (Fsp3) is 0.167. The van der Waals surface area contributed by atoms with E-state index in [-0.39, 0.29) is 11.9 Å². The van der Waals surface area contributed by atoms with Crippen LogP contribution < -0.4 is 10.6 Å². The Kier molecular flexibility index (Phi) is 2.81. The maximum Gasteiger partial charge on any atom is 0.260 e. The smallest absolute Gasteiger partial charge is 0.260 e. The molecule has 0 saturated carbocycles. The Morgan fingerprint density at radius 3 is 3.11 bits per heavy atom. The summed E-state index contributed by atoms with van der Waals surface area (Å²) in [5.41, 5.74) is 1.81. The van der Waals surface area contributed by atoms with Crippen LogP contribution in [0.3, 0.4) is 0 Å². The molecular weight excluding hydrogens is 250 g/mol. The highest BCUT2D eigenvalue weighted by Crippen LogP contribution is 2.35. The highest BCUT2D eigenvalue weighted by atomic mass is 32.2. The molecule has 0 bridgehead atoms. The number of aromatic nitrogens is 1. The average Bonchev–Trinajstić information content (AvgIpc) is 2.95. The second kappa shape index (κ2) is 4.47. The van der Waals surface area contributed by atoms with Crippen molar-refractivity contribution < 1.29 is 9.21 Å². The summed E-state index contributed by atoms with van der Waals surface area (Å²) in [6.45, 7) is 0. The number of hydrogen-bond donors (Lipinski definition) is 2. The topological polar surface area (TPSA) is 67.2 Å². The van der Waals surface area contributed by atoms with E-state index in [0.717, 1.165) is 16.1 Å². The van der Waals surface area contributed by atoms with Crippen LogP contribution >= 0.6 is 11.8 Å². The quantitative estimate of drug-likeness (QED) is 0.885. The molecule has 5 nitrogen and oxygen atoms in total. The lowest BCUT2D eigenvalue weighted by molar-refractivity contribution is -0.117. The number of oxazole rings is 1. The number of carbonyl (C=O) groups excluding carboxylic acids is 1. The van der Waals surface area contributed by atoms with Crippen LogP contribution in [0.1, 0.15) is 11.6 Å². The summed E-state index contributed by atoms with van der Waals surface area (Å²) >= 11 is 1.42. The number of benzene rings is 1. The molecule has 18 heavy (non-hydrogen) atoms. The molecule has 2 N–H and O–H groups in total. The minimum atomic E-state index is -0.263. The largest absolute Gasteiger partial charge is 0.440 e. The summed E-state index contributed by atoms with van der Waals surface area (Å²) in [5.74, 6) is -0.0224. The van der Waals surface area contributed by atoms with Crippen molar-refractivity contribution in [3.63, 3.8) is 0 Å². The second-order valence-corrected chi connectivity index (χ2v) is 4.88. The first kappa shape index (κ1) is 11.3. The lowest BCUT2D eigenvalue weighted by Gasteiger charge is -2.06. The summed E-state index contributed by atoms with van der Waals surface area (Å²) in [6, 6.07) is 5.57. The number of fused-ring (bicyclic) bond motifs is 1. The Labute approximate surface area is 108 Å². The Bertz CT molecular complexity index is 583. The molecule has 0 radical (unpaired) electrons. The Balaban J connectivity index is 1.89. The van der Waals surface area contributed by atoms with Crippen LogP contribution in [-0.2, 0) is 4.79 Å². The number of hydrogen-bond acceptors (Lipinski definition) is 5. The SMILES string of the molecule is CNC1C(=O)Nc2cc(Sc3ncco3)ccc21. The van der Waals surface area contributed by atoms with Crippen molar-refractivity contribution in [3.8, 4) is 0 Å². The number of anilines is 1. The van der Waals surface area contributed by atoms with E-state index in [0.29, 0.717) is 5.22 Å². The molecule has 2 heterocycles. The molecule has 92 valence electrons. The maximum absolute atomic E-state index is 11.7. The summed E-state index contributed by atoms with van der Waals surface area (Å²) in [5, 5.41) is 6.43. The number of carbonyl (C=O) groups is 1. The molecule has 0 saturated heterocycles. The predicted octanol–water partition coefficient (Wildman–Crippen LogP) is 2.04. The lowest BCUT2D eigenvalue weighted by Crippen LogP contribution is -2.23. The van der Waals surface area contributed by atoms with Crippen molar-refractivity contribution in [3.05, 3.63) is 36.2 Å². The molecule has 0 spiro atoms. The van der Waals surface area contributed by atoms with E-state index in [1.807, 2.05) is 18.2 Å². The molecule has 1 amide bonds. The zero-order valence-corrected chi connectivity index (χ0v) is 10.5. The van der Waals surface area contributed by atoms with E-state index in [4.69, 9.17) is 4.42 Å². The van der Waals surface area contributed by atoms with Gasteiger partial charge >= 0.3 is 0 Å². The van der Waals surface area contributed by atoms with E-state index in [1.165, 1.54) is 18.0 Å². The second-order valence-electron chi connectivity index (χ2n) is 3.86. The lowest BCUT2D eigenvalue weighted by atomic mass is 10.1. The Morgan fingerprint density at radius 1 is 1.50 bits per heavy atom. The number of rotatable bonds is 3. The molecule has 0 fully saturated rings. The first-order chi connectivity index (χ1) is 8.78. The van der Waals surface area contributed by atoms with E-state index in [9.17, 15) is 4.79 Å². The molecule has 3 rings (SSSR count). The third kappa shape index (κ3) is 1.89. The third-order valence-electron chi connectivity index (χ3n) is 2.76. The van der Waals surface area contributed by atoms with Gasteiger partial charge in [-0.25, -0.2) is 4.98 Å². The number of likely N-dealkylation sites (N-methyl/N-ethyl adjacent to an activating group) is 1. The van der Waals surface area contributed by atoms with Gasteiger partial charge in [0.25, 0.3) is 5.22 Å². The number of amides is 1. The van der Waals surface area contributed by atoms with Gasteiger partial charge in [-0.15, -0.1) is 0 Å². The average molecular weight is 261 g/mol. The van der Waals surface area contributed by atoms with Gasteiger partial charge < -0.3 is 15.1 Å². The minimum absolute atomic E-state index is 0.0224. The molecule has 1 aromatic heterocycles. The molecule has 1 aliphatic heterocycles. The summed E-state index contributed by atoms with van der Waals surface area (Å²) < 4.78 is 5.17. The van der Waals surface area contributed by atoms with Crippen LogP contribution in [0.15, 0.2) is 45.2 Å². The molecule has 1 unspecified atom stereocenters. The number of nitrogens with zero attached hydrogens (tertiary/aromatic N) is 1. The predicted molar refractivity (Wildman–Crippen MR) is 67.5 cm³/mol. The van der Waals surface area contributed by atoms with E-state index < -0.39 is 0 Å². The molecule has 1 aliphatic rings. The van der Waals surface area contributed by atoms with Crippen LogP contribution in [0.25, 0.3) is 0 Å². The highest BCUT2D eigenvalue weighted by molar-refractivity contribution is 7.99. The van der Waals surface area contributed by atoms with Crippen molar-refractivity contribution >= 4 is 23.4 Å². The van der Waals surface area contributed by atoms with Gasteiger partial charge in [0.2, 0.25) is 5.91 Å². The molecular formula is C12H11N3O2S. The van der Waals surface area contributed by atoms with E-state index in [1.54, 1.807) is 13.2 Å². The molecule has 1 atom stereocenters. The molecule has 6 heteroatoms. The minimum Gasteiger partial charge on any atom is -0.440 e. The molecule has 1 aromatic carbocycles. The summed E-state index contributed by atoms with van der Waals surface area (Å²) in [6.07, 6.45) is 3.14. The zero-order valence-electron chi connectivity index (χ0n) is 9.64. The third-order valence-corrected chi connectivity index (χ3v) is 3.63. The van der Waals surface area contributed by atoms with Gasteiger partial charge in [0.15, 0.2) is 0 Å². The number of nitrogens with one attached hydrogen (secondary N) is 2. The van der Waals surface area contributed by atoms with Gasteiger partial charge in [-0.05, 0) is 30.9 Å². The van der Waals surface area contributed by atoms with Crippen LogP contribution in [0.4, 0.5) is 5.69 Å². The van der Waals surface area contributed by atoms with E-state index in [2.05, 4.69) is 15.6 Å². The van der Waals surface area contributed by atoms with Crippen LogP contribution in [0.2, 0.25) is 0 Å². The van der Waals surface area contributed by atoms with Crippen molar-refractivity contribution in [1.82, 2.24) is 10.3 Å². The maximum atomic E-state index is 11.7. The molecule has 2 aromatic rings. The van der Waals surface area contributed by atoms with Crippen LogP contribution in [0, 0.1) is 0 Å². The highest BCUT2D eigenvalue weighted by Gasteiger charge is 2.29. The standard InChI is InChI=1S/C12H11N3O2S/c1-13-10-8-3-2-7(6-9(8)15-11(10)16)18-12-14-4-5-17-12/h2-6,10,13H,1H3,(H,15,16). The van der Waals surface area contributed by atoms with Crippen molar-refractivity contribution in [2.24, 2.45) is 0 Å². The van der Waals surface area contributed by atoms with Crippen LogP contribution in [-0.4, -0.2) is 17.9 Å². The van der Waals surface area contributed by atoms with Gasteiger partial charge in [-0.2, -0.15) is 0 Å². The van der Waals surface area contributed by atoms with Crippen molar-refractivity contribution in [2.45, 2.75) is 16.2 Å². The van der Waals surface area contributed by atoms with E-state index >= 15 is 0 Å². The van der Waals surface area contributed by atoms with Gasteiger partial charge in [-0.3, -0.25) is 4.79 Å². The normalized spacial score (nSPS) is 17.6. The first-order valence-corrected chi connectivity index (χ1v) is 6.29. The first-order valence-electron chi connectivity index (χ1n) is 5.47. The fourth-order valence-corrected chi connectivity index (χ4v) is 2.68. The van der Waals surface area contributed by atoms with Crippen LogP contribution in [0.5, 0.6) is 0 Å². The Morgan fingerprint density at radius 2 is 2.39 bits per heavy atom. The van der Waals surface area contributed by atoms with Gasteiger partial charge in [0.1, 0.15) is 12.3 Å². The van der Waals surface area contributed by atoms with Crippen molar-refractivity contribution in [1.29, 1.82) is 0 Å². The zero-order chi connectivity index (χ0) is 12.5. The monoisotopic (exact) mass is 261 g/mol. The van der Waals surface area contributed by atoms with Gasteiger partial charge in [0.05, 0.1) is 6.20 Å². The summed E-state index contributed by atoms with van der Waals surface area (Å²) in [4.78, 5) is 16.7.